The van der Waals surface area contributed by atoms with Crippen molar-refractivity contribution >= 4 is 28.3 Å². The molecule has 4 rings (SSSR count). The lowest BCUT2D eigenvalue weighted by Gasteiger charge is -2.21. The second-order valence-electron chi connectivity index (χ2n) is 6.17. The van der Waals surface area contributed by atoms with Crippen molar-refractivity contribution in [2.45, 2.75) is 25.2 Å². The monoisotopic (exact) mass is 326 g/mol. The molecule has 2 aliphatic rings. The first kappa shape index (κ1) is 14.3. The van der Waals surface area contributed by atoms with Crippen molar-refractivity contribution < 1.29 is 14.6 Å². The Bertz CT molecular complexity index is 910. The molecule has 2 atom stereocenters. The van der Waals surface area contributed by atoms with Gasteiger partial charge in [-0.1, -0.05) is 48.5 Å². The predicted octanol–water partition coefficient (Wildman–Crippen LogP) is 4.73. The first-order valence-corrected chi connectivity index (χ1v) is 7.89. The molecule has 23 heavy (non-hydrogen) atoms. The van der Waals surface area contributed by atoms with Gasteiger partial charge in [-0.3, -0.25) is 0 Å². The Kier molecular flexibility index (Phi) is 3.03. The number of aromatic hydroxyl groups is 1. The Morgan fingerprint density at radius 3 is 2.70 bits per heavy atom. The van der Waals surface area contributed by atoms with Crippen LogP contribution in [0.4, 0.5) is 0 Å². The van der Waals surface area contributed by atoms with E-state index in [4.69, 9.17) is 16.3 Å². The summed E-state index contributed by atoms with van der Waals surface area (Å²) in [4.78, 5) is 12.1. The molecular formula is C19H15ClO3. The highest BCUT2D eigenvalue weighted by atomic mass is 35.5. The lowest BCUT2D eigenvalue weighted by atomic mass is 9.90. The van der Waals surface area contributed by atoms with Gasteiger partial charge in [0, 0.05) is 44.3 Å². The third kappa shape index (κ3) is 1.93. The van der Waals surface area contributed by atoms with Crippen LogP contribution in [0.5, 0.6) is 11.5 Å². The van der Waals surface area contributed by atoms with Gasteiger partial charge in [0.1, 0.15) is 11.5 Å². The van der Waals surface area contributed by atoms with Crippen LogP contribution in [0, 0.1) is 0 Å². The molecule has 0 radical (unpaired) electrons. The summed E-state index contributed by atoms with van der Waals surface area (Å²) in [5.74, 6) is 0.360. The minimum atomic E-state index is -0.467. The minimum Gasteiger partial charge on any atom is -0.507 e. The number of hydrogen-bond donors (Lipinski definition) is 1. The number of halogens is 1. The van der Waals surface area contributed by atoms with Crippen LogP contribution >= 0.6 is 11.6 Å². The molecule has 0 aliphatic heterocycles. The summed E-state index contributed by atoms with van der Waals surface area (Å²) in [6.07, 6.45) is 2.79. The minimum absolute atomic E-state index is 0.0138. The van der Waals surface area contributed by atoms with Crippen LogP contribution in [-0.2, 0) is 4.79 Å². The number of phenols is 1. The van der Waals surface area contributed by atoms with Crippen molar-refractivity contribution in [3.63, 3.8) is 0 Å². The van der Waals surface area contributed by atoms with Crippen LogP contribution in [0.1, 0.15) is 36.3 Å². The maximum atomic E-state index is 12.1. The average molecular weight is 327 g/mol. The maximum Gasteiger partial charge on any atom is 0.338 e. The van der Waals surface area contributed by atoms with E-state index in [2.05, 4.69) is 6.58 Å². The second kappa shape index (κ2) is 4.87. The number of rotatable bonds is 2. The lowest BCUT2D eigenvalue weighted by Crippen LogP contribution is -2.12. The fourth-order valence-corrected chi connectivity index (χ4v) is 3.99. The van der Waals surface area contributed by atoms with Crippen molar-refractivity contribution in [1.29, 1.82) is 0 Å². The van der Waals surface area contributed by atoms with Gasteiger partial charge in [0.15, 0.2) is 0 Å². The molecule has 3 nitrogen and oxygen atoms in total. The third-order valence-electron chi connectivity index (χ3n) is 4.66. The summed E-state index contributed by atoms with van der Waals surface area (Å²) in [6.45, 7) is 5.26. The summed E-state index contributed by atoms with van der Waals surface area (Å²) < 4.78 is 5.65. The fraction of sp³-hybridized carbons (Fsp3) is 0.211. The molecule has 2 aliphatic carbocycles. The van der Waals surface area contributed by atoms with Gasteiger partial charge in [-0.15, -0.1) is 0 Å². The maximum absolute atomic E-state index is 12.1. The molecule has 0 saturated carbocycles. The van der Waals surface area contributed by atoms with Gasteiger partial charge in [0.05, 0.1) is 0 Å². The van der Waals surface area contributed by atoms with E-state index in [1.807, 2.05) is 30.3 Å². The van der Waals surface area contributed by atoms with Crippen molar-refractivity contribution in [3.8, 4) is 11.5 Å². The van der Waals surface area contributed by atoms with Crippen LogP contribution in [0.15, 0.2) is 47.5 Å². The predicted molar refractivity (Wildman–Crippen MR) is 90.1 cm³/mol. The molecule has 2 aromatic rings. The van der Waals surface area contributed by atoms with Crippen molar-refractivity contribution in [3.05, 3.63) is 58.7 Å². The van der Waals surface area contributed by atoms with Crippen LogP contribution in [0.2, 0.25) is 0 Å². The Balaban J connectivity index is 2.03. The zero-order valence-electron chi connectivity index (χ0n) is 12.6. The van der Waals surface area contributed by atoms with E-state index in [1.165, 1.54) is 0 Å². The number of ether oxygens (including phenoxy) is 1. The third-order valence-corrected chi connectivity index (χ3v) is 5.05. The molecule has 0 amide bonds. The second-order valence-corrected chi connectivity index (χ2v) is 6.60. The van der Waals surface area contributed by atoms with Gasteiger partial charge in [0.2, 0.25) is 0 Å². The van der Waals surface area contributed by atoms with Crippen molar-refractivity contribution in [2.75, 3.05) is 0 Å². The SMILES string of the molecule is C=C(C)C(=O)Oc1c2c(c(O)c3ccccc13)C1C=C(Cl)C2C1. The topological polar surface area (TPSA) is 46.5 Å². The summed E-state index contributed by atoms with van der Waals surface area (Å²) >= 11 is 6.33. The molecule has 4 heteroatoms. The normalized spacial score (nSPS) is 21.2. The quantitative estimate of drug-likeness (QED) is 0.493. The number of allylic oxidation sites excluding steroid dienone is 2. The van der Waals surface area contributed by atoms with E-state index in [0.717, 1.165) is 28.0 Å². The fourth-order valence-electron chi connectivity index (χ4n) is 3.64. The van der Waals surface area contributed by atoms with Gasteiger partial charge in [-0.2, -0.15) is 0 Å². The molecular weight excluding hydrogens is 312 g/mol. The van der Waals surface area contributed by atoms with Crippen LogP contribution in [0.3, 0.4) is 0 Å². The lowest BCUT2D eigenvalue weighted by molar-refractivity contribution is -0.130. The number of benzene rings is 2. The number of carbonyl (C=O) groups is 1. The number of carbonyl (C=O) groups excluding carboxylic acids is 1. The molecule has 0 aromatic heterocycles. The molecule has 2 bridgehead atoms. The molecule has 116 valence electrons. The van der Waals surface area contributed by atoms with Gasteiger partial charge in [-0.25, -0.2) is 4.79 Å². The van der Waals surface area contributed by atoms with Crippen LogP contribution in [-0.4, -0.2) is 11.1 Å². The summed E-state index contributed by atoms with van der Waals surface area (Å²) in [5, 5.41) is 12.9. The number of phenolic OH excluding ortho intramolecular Hbond substituents is 1. The number of esters is 1. The highest BCUT2D eigenvalue weighted by Crippen LogP contribution is 2.61. The molecule has 0 fully saturated rings. The van der Waals surface area contributed by atoms with E-state index in [9.17, 15) is 9.90 Å². The molecule has 2 unspecified atom stereocenters. The van der Waals surface area contributed by atoms with E-state index in [0.29, 0.717) is 16.7 Å². The Labute approximate surface area is 138 Å². The molecule has 1 N–H and O–H groups in total. The highest BCUT2D eigenvalue weighted by molar-refractivity contribution is 6.31. The molecule has 0 saturated heterocycles. The van der Waals surface area contributed by atoms with Crippen molar-refractivity contribution in [2.24, 2.45) is 0 Å². The van der Waals surface area contributed by atoms with E-state index < -0.39 is 5.97 Å². The van der Waals surface area contributed by atoms with Crippen LogP contribution in [0.25, 0.3) is 10.8 Å². The zero-order valence-corrected chi connectivity index (χ0v) is 13.4. The largest absolute Gasteiger partial charge is 0.507 e. The van der Waals surface area contributed by atoms with E-state index >= 15 is 0 Å². The molecule has 0 heterocycles. The Morgan fingerprint density at radius 1 is 1.30 bits per heavy atom. The van der Waals surface area contributed by atoms with E-state index in [1.54, 1.807) is 6.92 Å². The standard InChI is InChI=1S/C19H15ClO3/c1-9(2)19(22)23-18-12-6-4-3-5-11(12)17(21)15-10-7-13(16(15)18)14(20)8-10/h3-6,8,10,13,21H,1,7H2,2H3. The Morgan fingerprint density at radius 2 is 2.00 bits per heavy atom. The van der Waals surface area contributed by atoms with Crippen LogP contribution < -0.4 is 4.74 Å². The first-order chi connectivity index (χ1) is 11.0. The average Bonchev–Trinajstić information content (AvgIpc) is 3.08. The highest BCUT2D eigenvalue weighted by Gasteiger charge is 2.43. The molecule has 0 spiro atoms. The number of hydrogen-bond acceptors (Lipinski definition) is 3. The van der Waals surface area contributed by atoms with Gasteiger partial charge < -0.3 is 9.84 Å². The summed E-state index contributed by atoms with van der Waals surface area (Å²) in [7, 11) is 0. The van der Waals surface area contributed by atoms with Crippen molar-refractivity contribution in [1.82, 2.24) is 0 Å². The van der Waals surface area contributed by atoms with Gasteiger partial charge >= 0.3 is 5.97 Å². The number of fused-ring (bicyclic) bond motifs is 6. The smallest absolute Gasteiger partial charge is 0.338 e. The molecule has 2 aromatic carbocycles. The first-order valence-electron chi connectivity index (χ1n) is 7.51. The summed E-state index contributed by atoms with van der Waals surface area (Å²) in [6, 6.07) is 7.39. The zero-order chi connectivity index (χ0) is 16.3. The summed E-state index contributed by atoms with van der Waals surface area (Å²) in [5.41, 5.74) is 2.01. The van der Waals surface area contributed by atoms with Gasteiger partial charge in [0.25, 0.3) is 0 Å². The Hall–Kier alpha value is -2.26. The van der Waals surface area contributed by atoms with Gasteiger partial charge in [-0.05, 0) is 13.3 Å². The van der Waals surface area contributed by atoms with E-state index in [-0.39, 0.29) is 17.6 Å².